The Kier molecular flexibility index (Phi) is 3.28. The van der Waals surface area contributed by atoms with Gasteiger partial charge in [-0.3, -0.25) is 5.41 Å². The van der Waals surface area contributed by atoms with Gasteiger partial charge in [0.2, 0.25) is 5.96 Å². The van der Waals surface area contributed by atoms with Gasteiger partial charge in [0, 0.05) is 12.7 Å². The zero-order valence-electron chi connectivity index (χ0n) is 8.86. The molecule has 1 aromatic carbocycles. The fourth-order valence-corrected chi connectivity index (χ4v) is 1.09. The summed E-state index contributed by atoms with van der Waals surface area (Å²) in [7, 11) is 1.74. The number of guanidine groups is 2. The minimum absolute atomic E-state index is 0.0128. The van der Waals surface area contributed by atoms with Gasteiger partial charge in [-0.15, -0.1) is 0 Å². The SMILES string of the molecule is Cc1ccc(N(C)C(=N)N=C(N)N)cc1. The molecule has 0 aliphatic heterocycles. The quantitative estimate of drug-likeness (QED) is 0.464. The Balaban J connectivity index is 2.85. The summed E-state index contributed by atoms with van der Waals surface area (Å²) in [5, 5.41) is 7.59. The summed E-state index contributed by atoms with van der Waals surface area (Å²) >= 11 is 0. The lowest BCUT2D eigenvalue weighted by molar-refractivity contribution is 1.19. The molecule has 1 rings (SSSR count). The lowest BCUT2D eigenvalue weighted by Crippen LogP contribution is -2.30. The predicted octanol–water partition coefficient (Wildman–Crippen LogP) is 0.639. The van der Waals surface area contributed by atoms with E-state index in [1.54, 1.807) is 11.9 Å². The van der Waals surface area contributed by atoms with Crippen LogP contribution in [0.1, 0.15) is 5.56 Å². The monoisotopic (exact) mass is 205 g/mol. The van der Waals surface area contributed by atoms with Crippen molar-refractivity contribution in [2.24, 2.45) is 16.5 Å². The Morgan fingerprint density at radius 2 is 1.80 bits per heavy atom. The van der Waals surface area contributed by atoms with E-state index in [-0.39, 0.29) is 11.9 Å². The molecule has 1 aromatic rings. The fraction of sp³-hybridized carbons (Fsp3) is 0.200. The highest BCUT2D eigenvalue weighted by molar-refractivity contribution is 6.00. The minimum atomic E-state index is -0.112. The van der Waals surface area contributed by atoms with Crippen molar-refractivity contribution in [1.29, 1.82) is 5.41 Å². The van der Waals surface area contributed by atoms with Gasteiger partial charge >= 0.3 is 0 Å². The first-order chi connectivity index (χ1) is 7.00. The predicted molar refractivity (Wildman–Crippen MR) is 63.1 cm³/mol. The largest absolute Gasteiger partial charge is 0.370 e. The van der Waals surface area contributed by atoms with Crippen molar-refractivity contribution in [3.8, 4) is 0 Å². The third kappa shape index (κ3) is 2.98. The van der Waals surface area contributed by atoms with E-state index in [9.17, 15) is 0 Å². The Bertz CT molecular complexity index is 375. The smallest absolute Gasteiger partial charge is 0.225 e. The number of aliphatic imine (C=N–C) groups is 1. The number of benzene rings is 1. The molecule has 15 heavy (non-hydrogen) atoms. The van der Waals surface area contributed by atoms with Crippen LogP contribution in [0.3, 0.4) is 0 Å². The minimum Gasteiger partial charge on any atom is -0.370 e. The van der Waals surface area contributed by atoms with Crippen LogP contribution < -0.4 is 16.4 Å². The molecule has 5 nitrogen and oxygen atoms in total. The Morgan fingerprint density at radius 3 is 2.27 bits per heavy atom. The summed E-state index contributed by atoms with van der Waals surface area (Å²) in [6, 6.07) is 7.75. The van der Waals surface area contributed by atoms with Crippen molar-refractivity contribution >= 4 is 17.6 Å². The molecule has 0 atom stereocenters. The van der Waals surface area contributed by atoms with Crippen LogP contribution in [0, 0.1) is 12.3 Å². The summed E-state index contributed by atoms with van der Waals surface area (Å²) < 4.78 is 0. The van der Waals surface area contributed by atoms with E-state index in [0.717, 1.165) is 5.69 Å². The molecule has 0 saturated heterocycles. The van der Waals surface area contributed by atoms with Crippen molar-refractivity contribution in [3.05, 3.63) is 29.8 Å². The number of nitrogens with one attached hydrogen (secondary N) is 1. The van der Waals surface area contributed by atoms with E-state index in [1.165, 1.54) is 5.56 Å². The van der Waals surface area contributed by atoms with Gasteiger partial charge < -0.3 is 16.4 Å². The van der Waals surface area contributed by atoms with Crippen LogP contribution in [0.15, 0.2) is 29.3 Å². The number of anilines is 1. The summed E-state index contributed by atoms with van der Waals surface area (Å²) in [5.74, 6) is -0.0992. The number of hydrogen-bond donors (Lipinski definition) is 3. The van der Waals surface area contributed by atoms with E-state index < -0.39 is 0 Å². The molecule has 5 heteroatoms. The van der Waals surface area contributed by atoms with Gasteiger partial charge in [-0.25, -0.2) is 0 Å². The van der Waals surface area contributed by atoms with E-state index in [1.807, 2.05) is 31.2 Å². The van der Waals surface area contributed by atoms with Crippen LogP contribution in [0.2, 0.25) is 0 Å². The molecule has 0 saturated carbocycles. The van der Waals surface area contributed by atoms with Crippen LogP contribution in [0.5, 0.6) is 0 Å². The topological polar surface area (TPSA) is 91.5 Å². The molecule has 0 aromatic heterocycles. The van der Waals surface area contributed by atoms with Crippen LogP contribution in [0.4, 0.5) is 5.69 Å². The Labute approximate surface area is 88.9 Å². The summed E-state index contributed by atoms with van der Waals surface area (Å²) in [6.45, 7) is 2.01. The second kappa shape index (κ2) is 4.45. The average molecular weight is 205 g/mol. The second-order valence-electron chi connectivity index (χ2n) is 3.25. The highest BCUT2D eigenvalue weighted by Gasteiger charge is 2.05. The van der Waals surface area contributed by atoms with Gasteiger partial charge in [0.25, 0.3) is 0 Å². The van der Waals surface area contributed by atoms with Gasteiger partial charge in [0.15, 0.2) is 5.96 Å². The molecular weight excluding hydrogens is 190 g/mol. The standard InChI is InChI=1S/C10H15N5/c1-7-3-5-8(6-4-7)15(2)10(13)14-9(11)12/h3-6H,1-2H3,(H5,11,12,13,14). The first-order valence-corrected chi connectivity index (χ1v) is 4.49. The van der Waals surface area contributed by atoms with Crippen LogP contribution in [-0.4, -0.2) is 19.0 Å². The van der Waals surface area contributed by atoms with Crippen LogP contribution in [-0.2, 0) is 0 Å². The van der Waals surface area contributed by atoms with Crippen molar-refractivity contribution in [3.63, 3.8) is 0 Å². The lowest BCUT2D eigenvalue weighted by atomic mass is 10.2. The van der Waals surface area contributed by atoms with Gasteiger partial charge in [-0.1, -0.05) is 17.7 Å². The summed E-state index contributed by atoms with van der Waals surface area (Å²) in [4.78, 5) is 5.25. The first kappa shape index (κ1) is 11.0. The number of rotatable bonds is 1. The van der Waals surface area contributed by atoms with E-state index in [4.69, 9.17) is 16.9 Å². The fourth-order valence-electron chi connectivity index (χ4n) is 1.09. The third-order valence-corrected chi connectivity index (χ3v) is 1.97. The molecule has 0 bridgehead atoms. The molecule has 0 unspecified atom stereocenters. The molecule has 0 spiro atoms. The zero-order chi connectivity index (χ0) is 11.4. The van der Waals surface area contributed by atoms with E-state index in [0.29, 0.717) is 0 Å². The molecule has 0 radical (unpaired) electrons. The molecule has 0 amide bonds. The zero-order valence-corrected chi connectivity index (χ0v) is 8.86. The Morgan fingerprint density at radius 1 is 1.27 bits per heavy atom. The van der Waals surface area contributed by atoms with Crippen molar-refractivity contribution in [1.82, 2.24) is 0 Å². The van der Waals surface area contributed by atoms with E-state index in [2.05, 4.69) is 4.99 Å². The van der Waals surface area contributed by atoms with E-state index >= 15 is 0 Å². The normalized spacial score (nSPS) is 9.47. The second-order valence-corrected chi connectivity index (χ2v) is 3.25. The van der Waals surface area contributed by atoms with Gasteiger partial charge in [-0.2, -0.15) is 4.99 Å². The molecule has 80 valence electrons. The highest BCUT2D eigenvalue weighted by atomic mass is 15.2. The van der Waals surface area contributed by atoms with Gasteiger partial charge in [-0.05, 0) is 19.1 Å². The molecule has 0 aliphatic carbocycles. The van der Waals surface area contributed by atoms with Crippen LogP contribution >= 0.6 is 0 Å². The maximum Gasteiger partial charge on any atom is 0.225 e. The summed E-state index contributed by atoms with van der Waals surface area (Å²) in [6.07, 6.45) is 0. The summed E-state index contributed by atoms with van der Waals surface area (Å²) in [5.41, 5.74) is 12.4. The Hall–Kier alpha value is -2.04. The number of aryl methyl sites for hydroxylation is 1. The maximum atomic E-state index is 7.59. The van der Waals surface area contributed by atoms with Crippen molar-refractivity contribution < 1.29 is 0 Å². The molecule has 0 aliphatic rings. The highest BCUT2D eigenvalue weighted by Crippen LogP contribution is 2.13. The van der Waals surface area contributed by atoms with Crippen molar-refractivity contribution in [2.45, 2.75) is 6.92 Å². The lowest BCUT2D eigenvalue weighted by Gasteiger charge is -2.16. The number of nitrogens with zero attached hydrogens (tertiary/aromatic N) is 2. The third-order valence-electron chi connectivity index (χ3n) is 1.97. The van der Waals surface area contributed by atoms with Crippen LogP contribution in [0.25, 0.3) is 0 Å². The van der Waals surface area contributed by atoms with Gasteiger partial charge in [0.1, 0.15) is 0 Å². The van der Waals surface area contributed by atoms with Crippen molar-refractivity contribution in [2.75, 3.05) is 11.9 Å². The molecule has 0 heterocycles. The average Bonchev–Trinajstić information content (AvgIpc) is 2.17. The molecular formula is C10H15N5. The first-order valence-electron chi connectivity index (χ1n) is 4.49. The van der Waals surface area contributed by atoms with Gasteiger partial charge in [0.05, 0.1) is 0 Å². The number of nitrogens with two attached hydrogens (primary N) is 2. The maximum absolute atomic E-state index is 7.59. The molecule has 0 fully saturated rings. The molecule has 5 N–H and O–H groups in total. The number of hydrogen-bond acceptors (Lipinski definition) is 1.